The molecule has 3 aromatic rings. The van der Waals surface area contributed by atoms with Crippen molar-refractivity contribution in [1.82, 2.24) is 4.98 Å². The lowest BCUT2D eigenvalue weighted by molar-refractivity contribution is -0.384. The van der Waals surface area contributed by atoms with Gasteiger partial charge in [0.1, 0.15) is 5.01 Å². The van der Waals surface area contributed by atoms with E-state index < -0.39 is 16.8 Å². The summed E-state index contributed by atoms with van der Waals surface area (Å²) >= 11 is 1.50. The molecule has 0 bridgehead atoms. The molecular formula is C19H15N3O5S. The number of carbonyl (C=O) groups excluding carboxylic acids is 2. The van der Waals surface area contributed by atoms with Crippen LogP contribution in [0.15, 0.2) is 54.0 Å². The monoisotopic (exact) mass is 397 g/mol. The van der Waals surface area contributed by atoms with Gasteiger partial charge in [-0.3, -0.25) is 14.9 Å². The van der Waals surface area contributed by atoms with Gasteiger partial charge in [-0.25, -0.2) is 9.78 Å². The van der Waals surface area contributed by atoms with E-state index >= 15 is 0 Å². The number of non-ortho nitro benzene ring substituents is 1. The van der Waals surface area contributed by atoms with Gasteiger partial charge in [0.2, 0.25) is 0 Å². The van der Waals surface area contributed by atoms with Gasteiger partial charge in [-0.15, -0.1) is 11.3 Å². The van der Waals surface area contributed by atoms with Crippen molar-refractivity contribution < 1.29 is 19.2 Å². The van der Waals surface area contributed by atoms with E-state index in [4.69, 9.17) is 4.74 Å². The summed E-state index contributed by atoms with van der Waals surface area (Å²) < 4.78 is 4.87. The zero-order valence-corrected chi connectivity index (χ0v) is 15.6. The van der Waals surface area contributed by atoms with Crippen LogP contribution in [0.25, 0.3) is 10.6 Å². The van der Waals surface area contributed by atoms with Crippen LogP contribution in [0.5, 0.6) is 0 Å². The predicted octanol–water partition coefficient (Wildman–Crippen LogP) is 4.15. The summed E-state index contributed by atoms with van der Waals surface area (Å²) in [5, 5.41) is 16.5. The fraction of sp³-hybridized carbons (Fsp3) is 0.105. The lowest BCUT2D eigenvalue weighted by atomic mass is 10.1. The van der Waals surface area contributed by atoms with E-state index in [-0.39, 0.29) is 23.4 Å². The quantitative estimate of drug-likeness (QED) is 0.380. The lowest BCUT2D eigenvalue weighted by Gasteiger charge is -2.08. The maximum Gasteiger partial charge on any atom is 0.338 e. The normalized spacial score (nSPS) is 10.3. The van der Waals surface area contributed by atoms with Gasteiger partial charge in [0.25, 0.3) is 11.6 Å². The molecular weight excluding hydrogens is 382 g/mol. The number of hydrogen-bond donors (Lipinski definition) is 1. The van der Waals surface area contributed by atoms with Gasteiger partial charge in [0, 0.05) is 40.5 Å². The second kappa shape index (κ2) is 8.40. The molecule has 0 aliphatic carbocycles. The summed E-state index contributed by atoms with van der Waals surface area (Å²) in [5.74, 6) is -1.30. The average Bonchev–Trinajstić information content (AvgIpc) is 3.23. The minimum Gasteiger partial charge on any atom is -0.462 e. The van der Waals surface area contributed by atoms with Crippen molar-refractivity contribution in [3.8, 4) is 10.6 Å². The van der Waals surface area contributed by atoms with Crippen LogP contribution in [0.4, 0.5) is 11.4 Å². The molecule has 0 spiro atoms. The first kappa shape index (κ1) is 19.2. The SMILES string of the molecule is CCOC(=O)c1cc(C(=O)Nc2ccc(-c3nccs3)cc2)cc([N+](=O)[O-])c1. The number of amides is 1. The van der Waals surface area contributed by atoms with E-state index in [1.54, 1.807) is 25.3 Å². The van der Waals surface area contributed by atoms with Gasteiger partial charge in [-0.1, -0.05) is 0 Å². The van der Waals surface area contributed by atoms with Crippen molar-refractivity contribution in [2.24, 2.45) is 0 Å². The Balaban J connectivity index is 1.83. The van der Waals surface area contributed by atoms with Crippen molar-refractivity contribution in [2.75, 3.05) is 11.9 Å². The molecule has 3 rings (SSSR count). The molecule has 2 aromatic carbocycles. The minimum absolute atomic E-state index is 0.0127. The highest BCUT2D eigenvalue weighted by molar-refractivity contribution is 7.13. The predicted molar refractivity (Wildman–Crippen MR) is 105 cm³/mol. The highest BCUT2D eigenvalue weighted by atomic mass is 32.1. The third-order valence-electron chi connectivity index (χ3n) is 3.72. The summed E-state index contributed by atoms with van der Waals surface area (Å²) in [6, 6.07) is 10.5. The zero-order valence-electron chi connectivity index (χ0n) is 14.7. The van der Waals surface area contributed by atoms with Crippen molar-refractivity contribution in [3.63, 3.8) is 0 Å². The van der Waals surface area contributed by atoms with E-state index in [1.807, 2.05) is 17.5 Å². The van der Waals surface area contributed by atoms with Crippen LogP contribution in [-0.2, 0) is 4.74 Å². The number of esters is 1. The Morgan fingerprint density at radius 1 is 1.18 bits per heavy atom. The zero-order chi connectivity index (χ0) is 20.1. The van der Waals surface area contributed by atoms with Crippen LogP contribution in [0.1, 0.15) is 27.6 Å². The standard InChI is InChI=1S/C19H15N3O5S/c1-2-27-19(24)14-9-13(10-16(11-14)22(25)26)17(23)21-15-5-3-12(4-6-15)18-20-7-8-28-18/h3-11H,2H2,1H3,(H,21,23). The summed E-state index contributed by atoms with van der Waals surface area (Å²) in [4.78, 5) is 39.1. The molecule has 1 aromatic heterocycles. The van der Waals surface area contributed by atoms with Gasteiger partial charge < -0.3 is 10.1 Å². The Labute approximate surface area is 164 Å². The third-order valence-corrected chi connectivity index (χ3v) is 4.55. The third kappa shape index (κ3) is 4.38. The maximum absolute atomic E-state index is 12.5. The molecule has 0 radical (unpaired) electrons. The van der Waals surface area contributed by atoms with Crippen LogP contribution in [-0.4, -0.2) is 28.4 Å². The minimum atomic E-state index is -0.729. The van der Waals surface area contributed by atoms with E-state index in [2.05, 4.69) is 10.3 Å². The molecule has 0 fully saturated rings. The molecule has 1 amide bonds. The van der Waals surface area contributed by atoms with Gasteiger partial charge in [0.05, 0.1) is 17.1 Å². The smallest absolute Gasteiger partial charge is 0.338 e. The molecule has 0 unspecified atom stereocenters. The Morgan fingerprint density at radius 2 is 1.89 bits per heavy atom. The van der Waals surface area contributed by atoms with Crippen molar-refractivity contribution >= 4 is 34.6 Å². The topological polar surface area (TPSA) is 111 Å². The molecule has 28 heavy (non-hydrogen) atoms. The summed E-state index contributed by atoms with van der Waals surface area (Å²) in [6.07, 6.45) is 1.71. The second-order valence-corrected chi connectivity index (χ2v) is 6.51. The number of carbonyl (C=O) groups is 2. The second-order valence-electron chi connectivity index (χ2n) is 5.61. The summed E-state index contributed by atoms with van der Waals surface area (Å²) in [6.45, 7) is 1.74. The number of nitrogens with zero attached hydrogens (tertiary/aromatic N) is 2. The number of ether oxygens (including phenoxy) is 1. The molecule has 0 saturated carbocycles. The molecule has 142 valence electrons. The number of rotatable bonds is 6. The van der Waals surface area contributed by atoms with Crippen molar-refractivity contribution in [3.05, 3.63) is 75.3 Å². The maximum atomic E-state index is 12.5. The molecule has 1 N–H and O–H groups in total. The molecule has 0 saturated heterocycles. The van der Waals surface area contributed by atoms with Gasteiger partial charge >= 0.3 is 5.97 Å². The summed E-state index contributed by atoms with van der Waals surface area (Å²) in [5.41, 5.74) is 0.985. The fourth-order valence-electron chi connectivity index (χ4n) is 2.45. The number of aromatic nitrogens is 1. The lowest BCUT2D eigenvalue weighted by Crippen LogP contribution is -2.14. The number of benzene rings is 2. The fourth-order valence-corrected chi connectivity index (χ4v) is 3.09. The van der Waals surface area contributed by atoms with Gasteiger partial charge in [0.15, 0.2) is 0 Å². The van der Waals surface area contributed by atoms with E-state index in [0.29, 0.717) is 5.69 Å². The number of nitro groups is 1. The number of nitrogens with one attached hydrogen (secondary N) is 1. The molecule has 9 heteroatoms. The number of thiazole rings is 1. The van der Waals surface area contributed by atoms with Crippen LogP contribution >= 0.6 is 11.3 Å². The van der Waals surface area contributed by atoms with E-state index in [9.17, 15) is 19.7 Å². The van der Waals surface area contributed by atoms with Crippen molar-refractivity contribution in [2.45, 2.75) is 6.92 Å². The Hall–Kier alpha value is -3.59. The van der Waals surface area contributed by atoms with E-state index in [1.165, 1.54) is 17.4 Å². The Bertz CT molecular complexity index is 1020. The van der Waals surface area contributed by atoms with Crippen molar-refractivity contribution in [1.29, 1.82) is 0 Å². The average molecular weight is 397 g/mol. The van der Waals surface area contributed by atoms with Crippen LogP contribution in [0.3, 0.4) is 0 Å². The number of nitro benzene ring substituents is 1. The molecule has 8 nitrogen and oxygen atoms in total. The number of hydrogen-bond acceptors (Lipinski definition) is 7. The summed E-state index contributed by atoms with van der Waals surface area (Å²) in [7, 11) is 0. The highest BCUT2D eigenvalue weighted by Gasteiger charge is 2.19. The first-order chi connectivity index (χ1) is 13.5. The molecule has 0 atom stereocenters. The number of anilines is 1. The van der Waals surface area contributed by atoms with E-state index in [0.717, 1.165) is 22.7 Å². The van der Waals surface area contributed by atoms with Crippen LogP contribution in [0.2, 0.25) is 0 Å². The first-order valence-electron chi connectivity index (χ1n) is 8.26. The molecule has 0 aliphatic rings. The van der Waals surface area contributed by atoms with Crippen LogP contribution < -0.4 is 5.32 Å². The van der Waals surface area contributed by atoms with Gasteiger partial charge in [-0.05, 0) is 37.3 Å². The first-order valence-corrected chi connectivity index (χ1v) is 9.13. The van der Waals surface area contributed by atoms with Crippen LogP contribution in [0, 0.1) is 10.1 Å². The van der Waals surface area contributed by atoms with Gasteiger partial charge in [-0.2, -0.15) is 0 Å². The molecule has 0 aliphatic heterocycles. The molecule has 1 heterocycles. The Kier molecular flexibility index (Phi) is 5.75. The Morgan fingerprint density at radius 3 is 2.50 bits per heavy atom. The largest absolute Gasteiger partial charge is 0.462 e. The highest BCUT2D eigenvalue weighted by Crippen LogP contribution is 2.24.